The number of aromatic nitrogens is 4. The van der Waals surface area contributed by atoms with Gasteiger partial charge in [-0.25, -0.2) is 15.0 Å². The molecule has 0 aliphatic heterocycles. The zero-order valence-electron chi connectivity index (χ0n) is 23.4. The first-order chi connectivity index (χ1) is 20.6. The van der Waals surface area contributed by atoms with Crippen LogP contribution in [0.5, 0.6) is 5.75 Å². The topological polar surface area (TPSA) is 122 Å². The zero-order chi connectivity index (χ0) is 30.7. The second kappa shape index (κ2) is 12.0. The summed E-state index contributed by atoms with van der Waals surface area (Å²) >= 11 is 0. The van der Waals surface area contributed by atoms with Gasteiger partial charge in [0, 0.05) is 52.9 Å². The first-order valence-corrected chi connectivity index (χ1v) is 13.2. The molecule has 0 aliphatic rings. The first kappa shape index (κ1) is 29.4. The van der Waals surface area contributed by atoms with Gasteiger partial charge in [-0.15, -0.1) is 0 Å². The quantitative estimate of drug-likeness (QED) is 0.198. The number of carbonyl (C=O) groups is 1. The normalized spacial score (nSPS) is 12.2. The largest absolute Gasteiger partial charge is 0.495 e. The van der Waals surface area contributed by atoms with Gasteiger partial charge in [-0.3, -0.25) is 9.78 Å². The number of carbonyl (C=O) groups excluding carboxylic acids is 1. The van der Waals surface area contributed by atoms with Gasteiger partial charge < -0.3 is 20.5 Å². The number of nitrogens with one attached hydrogen (secondary N) is 2. The molecule has 0 spiro atoms. The lowest BCUT2D eigenvalue weighted by molar-refractivity contribution is -0.137. The highest BCUT2D eigenvalue weighted by Crippen LogP contribution is 2.44. The Labute approximate surface area is 244 Å². The van der Waals surface area contributed by atoms with E-state index in [0.29, 0.717) is 39.3 Å². The van der Waals surface area contributed by atoms with E-state index in [0.717, 1.165) is 29.5 Å². The monoisotopic (exact) mass is 588 g/mol. The van der Waals surface area contributed by atoms with Crippen molar-refractivity contribution in [3.63, 3.8) is 0 Å². The lowest BCUT2D eigenvalue weighted by Crippen LogP contribution is -2.20. The van der Waals surface area contributed by atoms with Gasteiger partial charge in [-0.2, -0.15) is 13.2 Å². The zero-order valence-corrected chi connectivity index (χ0v) is 23.4. The number of benzene rings is 2. The number of pyridine rings is 2. The fourth-order valence-electron chi connectivity index (χ4n) is 4.60. The number of methoxy groups -OCH3 is 1. The molecule has 3 heterocycles. The highest BCUT2D eigenvalue weighted by atomic mass is 19.4. The highest BCUT2D eigenvalue weighted by Gasteiger charge is 2.31. The maximum Gasteiger partial charge on any atom is 0.416 e. The summed E-state index contributed by atoms with van der Waals surface area (Å²) < 4.78 is 45.5. The van der Waals surface area contributed by atoms with Gasteiger partial charge in [-0.05, 0) is 61.4 Å². The Kier molecular flexibility index (Phi) is 8.22. The molecule has 5 aromatic rings. The summed E-state index contributed by atoms with van der Waals surface area (Å²) in [6.07, 6.45) is 1.41. The summed E-state index contributed by atoms with van der Waals surface area (Å²) in [6.45, 7) is 3.57. The number of alkyl halides is 3. The Morgan fingerprint density at radius 3 is 2.56 bits per heavy atom. The minimum atomic E-state index is -4.57. The smallest absolute Gasteiger partial charge is 0.416 e. The van der Waals surface area contributed by atoms with E-state index >= 15 is 0 Å². The highest BCUT2D eigenvalue weighted by molar-refractivity contribution is 6.06. The summed E-state index contributed by atoms with van der Waals surface area (Å²) in [6, 6.07) is 11.8. The van der Waals surface area contributed by atoms with E-state index in [2.05, 4.69) is 25.6 Å². The van der Waals surface area contributed by atoms with Crippen LogP contribution in [0.1, 0.15) is 28.4 Å². The minimum Gasteiger partial charge on any atom is -0.495 e. The fourth-order valence-corrected chi connectivity index (χ4v) is 4.60. The number of ether oxygens (including phenoxy) is 1. The van der Waals surface area contributed by atoms with Gasteiger partial charge in [0.25, 0.3) is 5.91 Å². The molecule has 0 saturated carbocycles. The first-order valence-electron chi connectivity index (χ1n) is 13.2. The van der Waals surface area contributed by atoms with Gasteiger partial charge in [-0.1, -0.05) is 12.1 Å². The lowest BCUT2D eigenvalue weighted by atomic mass is 9.91. The molecular weight excluding hydrogens is 561 g/mol. The molecule has 9 nitrogen and oxygen atoms in total. The van der Waals surface area contributed by atoms with Gasteiger partial charge in [0.05, 0.1) is 30.4 Å². The SMILES string of the molecule is COc1c(-c2cc(C(=O)Nc3cc(C(F)(F)F)ccn3)ccc2C)cc2cnc(N[C@@H](C)CO)nc2c1-c1cccnc1. The fraction of sp³-hybridized carbons (Fsp3) is 0.194. The maximum absolute atomic E-state index is 13.2. The van der Waals surface area contributed by atoms with Gasteiger partial charge in [0.2, 0.25) is 5.95 Å². The van der Waals surface area contributed by atoms with E-state index in [1.807, 2.05) is 19.1 Å². The molecule has 0 unspecified atom stereocenters. The molecule has 43 heavy (non-hydrogen) atoms. The Bertz CT molecular complexity index is 1800. The molecular formula is C31H27F3N6O3. The average molecular weight is 589 g/mol. The van der Waals surface area contributed by atoms with Crippen LogP contribution in [0.2, 0.25) is 0 Å². The average Bonchev–Trinajstić information content (AvgIpc) is 3.00. The molecule has 3 N–H and O–H groups in total. The number of hydrogen-bond donors (Lipinski definition) is 3. The Hall–Kier alpha value is -5.10. The van der Waals surface area contributed by atoms with Crippen molar-refractivity contribution < 1.29 is 27.8 Å². The molecule has 12 heteroatoms. The van der Waals surface area contributed by atoms with Crippen LogP contribution in [0.15, 0.2) is 73.3 Å². The van der Waals surface area contributed by atoms with Crippen LogP contribution < -0.4 is 15.4 Å². The number of aliphatic hydroxyl groups excluding tert-OH is 1. The van der Waals surface area contributed by atoms with Gasteiger partial charge in [0.15, 0.2) is 0 Å². The van der Waals surface area contributed by atoms with Crippen molar-refractivity contribution >= 4 is 28.6 Å². The molecule has 0 radical (unpaired) electrons. The van der Waals surface area contributed by atoms with Crippen molar-refractivity contribution in [2.75, 3.05) is 24.4 Å². The summed E-state index contributed by atoms with van der Waals surface area (Å²) in [5.41, 5.74) is 3.37. The van der Waals surface area contributed by atoms with Crippen LogP contribution in [0.4, 0.5) is 24.9 Å². The van der Waals surface area contributed by atoms with E-state index in [-0.39, 0.29) is 24.0 Å². The number of anilines is 2. The number of hydrogen-bond acceptors (Lipinski definition) is 8. The van der Waals surface area contributed by atoms with E-state index in [9.17, 15) is 23.1 Å². The lowest BCUT2D eigenvalue weighted by Gasteiger charge is -2.19. The second-order valence-electron chi connectivity index (χ2n) is 9.84. The summed E-state index contributed by atoms with van der Waals surface area (Å²) in [4.78, 5) is 30.4. The number of nitrogens with zero attached hydrogens (tertiary/aromatic N) is 4. The Balaban J connectivity index is 1.63. The van der Waals surface area contributed by atoms with Crippen molar-refractivity contribution in [2.45, 2.75) is 26.1 Å². The van der Waals surface area contributed by atoms with Crippen molar-refractivity contribution in [3.8, 4) is 28.0 Å². The van der Waals surface area contributed by atoms with Crippen LogP contribution in [-0.4, -0.2) is 50.7 Å². The molecule has 2 aromatic carbocycles. The van der Waals surface area contributed by atoms with Crippen LogP contribution in [0.25, 0.3) is 33.2 Å². The predicted molar refractivity (Wildman–Crippen MR) is 157 cm³/mol. The minimum absolute atomic E-state index is 0.105. The number of rotatable bonds is 8. The van der Waals surface area contributed by atoms with Crippen LogP contribution in [-0.2, 0) is 6.18 Å². The molecule has 0 bridgehead atoms. The molecule has 0 fully saturated rings. The van der Waals surface area contributed by atoms with E-state index in [1.54, 1.807) is 49.8 Å². The number of aryl methyl sites for hydroxylation is 1. The third-order valence-electron chi connectivity index (χ3n) is 6.75. The molecule has 3 aromatic heterocycles. The molecule has 0 aliphatic carbocycles. The summed E-state index contributed by atoms with van der Waals surface area (Å²) in [7, 11) is 1.53. The summed E-state index contributed by atoms with van der Waals surface area (Å²) in [5, 5.41) is 15.7. The summed E-state index contributed by atoms with van der Waals surface area (Å²) in [5.74, 6) is -0.0499. The molecule has 0 saturated heterocycles. The third-order valence-corrected chi connectivity index (χ3v) is 6.75. The van der Waals surface area contributed by atoms with Gasteiger partial charge >= 0.3 is 6.18 Å². The molecule has 220 valence electrons. The van der Waals surface area contributed by atoms with E-state index in [4.69, 9.17) is 9.72 Å². The second-order valence-corrected chi connectivity index (χ2v) is 9.84. The van der Waals surface area contributed by atoms with Crippen molar-refractivity contribution in [1.29, 1.82) is 0 Å². The van der Waals surface area contributed by atoms with E-state index < -0.39 is 17.6 Å². The van der Waals surface area contributed by atoms with Crippen LogP contribution in [0, 0.1) is 6.92 Å². The van der Waals surface area contributed by atoms with E-state index in [1.165, 1.54) is 7.11 Å². The van der Waals surface area contributed by atoms with Crippen molar-refractivity contribution in [2.24, 2.45) is 0 Å². The van der Waals surface area contributed by atoms with Gasteiger partial charge in [0.1, 0.15) is 11.6 Å². The number of fused-ring (bicyclic) bond motifs is 1. The third kappa shape index (κ3) is 6.24. The molecule has 5 rings (SSSR count). The predicted octanol–water partition coefficient (Wildman–Crippen LogP) is 6.13. The number of halogens is 3. The number of aliphatic hydroxyl groups is 1. The van der Waals surface area contributed by atoms with Crippen LogP contribution >= 0.6 is 0 Å². The molecule has 1 amide bonds. The molecule has 1 atom stereocenters. The van der Waals surface area contributed by atoms with Crippen LogP contribution in [0.3, 0.4) is 0 Å². The number of amides is 1. The van der Waals surface area contributed by atoms with Crippen molar-refractivity contribution in [1.82, 2.24) is 19.9 Å². The maximum atomic E-state index is 13.2. The Morgan fingerprint density at radius 2 is 1.86 bits per heavy atom. The standard InChI is InChI=1S/C31H27F3N6O3/c1-17-6-7-19(29(42)39-25-13-22(8-10-36-25)31(32,33)34)11-23(17)24-12-21-15-37-30(38-18(2)16-41)40-27(21)26(28(24)43-3)20-5-4-9-35-14-20/h4-15,18,41H,16H2,1-3H3,(H,36,39,42)(H,37,38,40)/t18-/m0/s1. The van der Waals surface area contributed by atoms with Crippen molar-refractivity contribution in [3.05, 3.63) is 90.0 Å². The Morgan fingerprint density at radius 1 is 1.05 bits per heavy atom.